The van der Waals surface area contributed by atoms with Gasteiger partial charge < -0.3 is 15.0 Å². The number of hydrogen-bond donors (Lipinski definition) is 1. The Hall–Kier alpha value is -1.20. The molecular weight excluding hydrogens is 228 g/mol. The van der Waals surface area contributed by atoms with Gasteiger partial charge in [0.15, 0.2) is 5.82 Å². The third kappa shape index (κ3) is 3.40. The fourth-order valence-electron chi connectivity index (χ4n) is 1.98. The predicted octanol–water partition coefficient (Wildman–Crippen LogP) is 1.20. The molecule has 1 aromatic heterocycles. The number of ether oxygens (including phenoxy) is 1. The zero-order valence-corrected chi connectivity index (χ0v) is 11.4. The molecule has 1 aromatic rings. The van der Waals surface area contributed by atoms with Crippen LogP contribution in [0, 0.1) is 0 Å². The molecule has 1 aliphatic rings. The van der Waals surface area contributed by atoms with Crippen LogP contribution in [-0.4, -0.2) is 42.0 Å². The second-order valence-corrected chi connectivity index (χ2v) is 5.04. The van der Waals surface area contributed by atoms with Crippen LogP contribution >= 0.6 is 0 Å². The lowest BCUT2D eigenvalue weighted by Gasteiger charge is -2.33. The molecule has 2 heterocycles. The van der Waals surface area contributed by atoms with Crippen molar-refractivity contribution in [1.29, 1.82) is 0 Å². The molecule has 0 amide bonds. The van der Waals surface area contributed by atoms with E-state index in [1.807, 2.05) is 12.1 Å². The van der Waals surface area contributed by atoms with E-state index in [4.69, 9.17) is 4.74 Å². The molecule has 18 heavy (non-hydrogen) atoms. The molecule has 1 unspecified atom stereocenters. The number of anilines is 1. The molecule has 1 atom stereocenters. The summed E-state index contributed by atoms with van der Waals surface area (Å²) >= 11 is 0. The third-order valence-corrected chi connectivity index (χ3v) is 3.06. The highest BCUT2D eigenvalue weighted by atomic mass is 16.5. The van der Waals surface area contributed by atoms with Gasteiger partial charge in [-0.1, -0.05) is 13.8 Å². The minimum atomic E-state index is 0.368. The number of rotatable bonds is 4. The average Bonchev–Trinajstić information content (AvgIpc) is 2.38. The van der Waals surface area contributed by atoms with Crippen LogP contribution in [0.3, 0.4) is 0 Å². The summed E-state index contributed by atoms with van der Waals surface area (Å²) in [5, 5.41) is 11.9. The molecule has 1 aliphatic heterocycles. The van der Waals surface area contributed by atoms with Crippen molar-refractivity contribution < 1.29 is 4.74 Å². The van der Waals surface area contributed by atoms with Crippen LogP contribution in [-0.2, 0) is 11.3 Å². The van der Waals surface area contributed by atoms with E-state index in [0.29, 0.717) is 12.1 Å². The van der Waals surface area contributed by atoms with Crippen LogP contribution < -0.4 is 10.2 Å². The second-order valence-electron chi connectivity index (χ2n) is 5.04. The van der Waals surface area contributed by atoms with E-state index in [2.05, 4.69) is 41.2 Å². The van der Waals surface area contributed by atoms with Gasteiger partial charge in [0.2, 0.25) is 0 Å². The molecule has 1 N–H and O–H groups in total. The van der Waals surface area contributed by atoms with Gasteiger partial charge in [0.1, 0.15) is 0 Å². The van der Waals surface area contributed by atoms with Crippen LogP contribution in [0.25, 0.3) is 0 Å². The minimum Gasteiger partial charge on any atom is -0.377 e. The second kappa shape index (κ2) is 6.11. The van der Waals surface area contributed by atoms with E-state index in [0.717, 1.165) is 37.8 Å². The van der Waals surface area contributed by atoms with Crippen molar-refractivity contribution in [1.82, 2.24) is 15.5 Å². The number of hydrogen-bond acceptors (Lipinski definition) is 5. The van der Waals surface area contributed by atoms with Crippen LogP contribution in [0.5, 0.6) is 0 Å². The first-order chi connectivity index (χ1) is 8.66. The quantitative estimate of drug-likeness (QED) is 0.870. The molecule has 100 valence electrons. The Kier molecular flexibility index (Phi) is 4.49. The van der Waals surface area contributed by atoms with E-state index < -0.39 is 0 Å². The Bertz CT molecular complexity index is 366. The van der Waals surface area contributed by atoms with Crippen molar-refractivity contribution in [2.24, 2.45) is 0 Å². The van der Waals surface area contributed by atoms with Gasteiger partial charge in [0, 0.05) is 19.1 Å². The molecular formula is C13H22N4O. The Morgan fingerprint density at radius 2 is 2.28 bits per heavy atom. The van der Waals surface area contributed by atoms with Crippen molar-refractivity contribution in [2.75, 3.05) is 24.7 Å². The first-order valence-corrected chi connectivity index (χ1v) is 6.57. The topological polar surface area (TPSA) is 50.3 Å². The molecule has 5 heteroatoms. The number of nitrogens with zero attached hydrogens (tertiary/aromatic N) is 3. The molecule has 5 nitrogen and oxygen atoms in total. The molecule has 0 bridgehead atoms. The van der Waals surface area contributed by atoms with Gasteiger partial charge >= 0.3 is 0 Å². The highest BCUT2D eigenvalue weighted by Crippen LogP contribution is 2.16. The highest BCUT2D eigenvalue weighted by Gasteiger charge is 2.20. The molecule has 1 fully saturated rings. The standard InChI is InChI=1S/C13H22N4O/c1-10(2)14-8-12-4-5-13(16-15-12)17-6-7-18-9-11(17)3/h4-5,10-11,14H,6-9H2,1-3H3. The number of morpholine rings is 1. The molecule has 2 rings (SSSR count). The Morgan fingerprint density at radius 1 is 1.44 bits per heavy atom. The molecule has 0 saturated carbocycles. The molecule has 0 aliphatic carbocycles. The highest BCUT2D eigenvalue weighted by molar-refractivity contribution is 5.39. The lowest BCUT2D eigenvalue weighted by Crippen LogP contribution is -2.44. The smallest absolute Gasteiger partial charge is 0.151 e. The van der Waals surface area contributed by atoms with E-state index in [1.165, 1.54) is 0 Å². The number of aromatic nitrogens is 2. The summed E-state index contributed by atoms with van der Waals surface area (Å²) in [6, 6.07) is 4.92. The lowest BCUT2D eigenvalue weighted by molar-refractivity contribution is 0.0984. The summed E-state index contributed by atoms with van der Waals surface area (Å²) in [6.07, 6.45) is 0. The summed E-state index contributed by atoms with van der Waals surface area (Å²) in [4.78, 5) is 2.25. The third-order valence-electron chi connectivity index (χ3n) is 3.06. The summed E-state index contributed by atoms with van der Waals surface area (Å²) in [6.45, 7) is 9.58. The molecule has 0 spiro atoms. The summed E-state index contributed by atoms with van der Waals surface area (Å²) in [7, 11) is 0. The van der Waals surface area contributed by atoms with E-state index in [-0.39, 0.29) is 0 Å². The lowest BCUT2D eigenvalue weighted by atomic mass is 10.2. The van der Waals surface area contributed by atoms with E-state index in [9.17, 15) is 0 Å². The zero-order valence-electron chi connectivity index (χ0n) is 11.4. The van der Waals surface area contributed by atoms with E-state index in [1.54, 1.807) is 0 Å². The average molecular weight is 250 g/mol. The van der Waals surface area contributed by atoms with Crippen LogP contribution in [0.2, 0.25) is 0 Å². The van der Waals surface area contributed by atoms with Gasteiger partial charge in [-0.2, -0.15) is 5.10 Å². The van der Waals surface area contributed by atoms with Crippen molar-refractivity contribution in [2.45, 2.75) is 39.4 Å². The summed E-state index contributed by atoms with van der Waals surface area (Å²) in [5.41, 5.74) is 0.980. The largest absolute Gasteiger partial charge is 0.377 e. The first-order valence-electron chi connectivity index (χ1n) is 6.57. The fourth-order valence-corrected chi connectivity index (χ4v) is 1.98. The van der Waals surface area contributed by atoms with Crippen LogP contribution in [0.15, 0.2) is 12.1 Å². The van der Waals surface area contributed by atoms with Crippen LogP contribution in [0.4, 0.5) is 5.82 Å². The number of nitrogens with one attached hydrogen (secondary N) is 1. The summed E-state index contributed by atoms with van der Waals surface area (Å²) < 4.78 is 5.42. The van der Waals surface area contributed by atoms with Gasteiger partial charge in [-0.3, -0.25) is 0 Å². The molecule has 0 aromatic carbocycles. The minimum absolute atomic E-state index is 0.368. The van der Waals surface area contributed by atoms with Gasteiger partial charge in [0.25, 0.3) is 0 Å². The maximum absolute atomic E-state index is 5.42. The van der Waals surface area contributed by atoms with Crippen molar-refractivity contribution >= 4 is 5.82 Å². The van der Waals surface area contributed by atoms with Gasteiger partial charge in [-0.25, -0.2) is 0 Å². The Balaban J connectivity index is 1.98. The van der Waals surface area contributed by atoms with Crippen molar-refractivity contribution in [3.05, 3.63) is 17.8 Å². The Labute approximate surface area is 109 Å². The van der Waals surface area contributed by atoms with Gasteiger partial charge in [-0.05, 0) is 19.1 Å². The van der Waals surface area contributed by atoms with Crippen molar-refractivity contribution in [3.63, 3.8) is 0 Å². The molecule has 0 radical (unpaired) electrons. The fraction of sp³-hybridized carbons (Fsp3) is 0.692. The van der Waals surface area contributed by atoms with Crippen molar-refractivity contribution in [3.8, 4) is 0 Å². The van der Waals surface area contributed by atoms with Gasteiger partial charge in [0.05, 0.1) is 24.9 Å². The normalized spacial score (nSPS) is 20.4. The SMILES string of the molecule is CC(C)NCc1ccc(N2CCOCC2C)nn1. The maximum atomic E-state index is 5.42. The monoisotopic (exact) mass is 250 g/mol. The predicted molar refractivity (Wildman–Crippen MR) is 71.6 cm³/mol. The van der Waals surface area contributed by atoms with Gasteiger partial charge in [-0.15, -0.1) is 5.10 Å². The molecule has 1 saturated heterocycles. The summed E-state index contributed by atoms with van der Waals surface area (Å²) in [5.74, 6) is 0.944. The first kappa shape index (κ1) is 13.2. The van der Waals surface area contributed by atoms with Crippen LogP contribution in [0.1, 0.15) is 26.5 Å². The zero-order chi connectivity index (χ0) is 13.0. The Morgan fingerprint density at radius 3 is 2.89 bits per heavy atom. The van der Waals surface area contributed by atoms with E-state index >= 15 is 0 Å². The maximum Gasteiger partial charge on any atom is 0.151 e.